The Morgan fingerprint density at radius 3 is 3.17 bits per heavy atom. The number of benzene rings is 1. The van der Waals surface area contributed by atoms with Crippen LogP contribution in [0.5, 0.6) is 0 Å². The lowest BCUT2D eigenvalue weighted by Crippen LogP contribution is -2.24. The molecule has 90 valence electrons. The van der Waals surface area contributed by atoms with Crippen LogP contribution in [-0.4, -0.2) is 11.4 Å². The van der Waals surface area contributed by atoms with E-state index in [1.54, 1.807) is 12.3 Å². The SMILES string of the molecule is O=c1o[nH]c(CCl)c1/C=c1\cccc2c1=CC=N2. The highest BCUT2D eigenvalue weighted by atomic mass is 35.5. The van der Waals surface area contributed by atoms with Gasteiger partial charge in [0.05, 0.1) is 22.8 Å². The number of hydrogen-bond donors (Lipinski definition) is 1. The highest BCUT2D eigenvalue weighted by Crippen LogP contribution is 2.07. The highest BCUT2D eigenvalue weighted by Gasteiger charge is 2.08. The summed E-state index contributed by atoms with van der Waals surface area (Å²) in [6.07, 6.45) is 5.42. The molecule has 2 heterocycles. The molecule has 18 heavy (non-hydrogen) atoms. The van der Waals surface area contributed by atoms with E-state index in [0.717, 1.165) is 16.1 Å². The standard InChI is InChI=1S/C13H9ClN2O2/c14-7-12-10(13(17)18-16-12)6-8-2-1-3-11-9(8)4-5-15-11/h1-6,16H,7H2/b8-6+. The summed E-state index contributed by atoms with van der Waals surface area (Å²) in [5, 5.41) is 4.44. The maximum Gasteiger partial charge on any atom is 0.364 e. The van der Waals surface area contributed by atoms with Crippen LogP contribution in [0.4, 0.5) is 5.69 Å². The summed E-state index contributed by atoms with van der Waals surface area (Å²) in [5.74, 6) is 0.201. The minimum atomic E-state index is -0.415. The third-order valence-electron chi connectivity index (χ3n) is 2.82. The number of aliphatic imine (C=N–C) groups is 1. The number of hydrogen-bond acceptors (Lipinski definition) is 3. The molecule has 0 radical (unpaired) electrons. The van der Waals surface area contributed by atoms with Gasteiger partial charge in [0.1, 0.15) is 0 Å². The summed E-state index contributed by atoms with van der Waals surface area (Å²) in [4.78, 5) is 15.8. The lowest BCUT2D eigenvalue weighted by atomic mass is 10.1. The van der Waals surface area contributed by atoms with E-state index in [1.165, 1.54) is 0 Å². The van der Waals surface area contributed by atoms with Gasteiger partial charge < -0.3 is 4.52 Å². The second-order valence-corrected chi connectivity index (χ2v) is 4.15. The smallest absolute Gasteiger partial charge is 0.338 e. The van der Waals surface area contributed by atoms with E-state index in [2.05, 4.69) is 10.1 Å². The number of H-pyrrole nitrogens is 1. The van der Waals surface area contributed by atoms with Crippen LogP contribution in [0.1, 0.15) is 11.3 Å². The summed E-state index contributed by atoms with van der Waals surface area (Å²) in [5.41, 5.74) is 1.52. The van der Waals surface area contributed by atoms with E-state index in [9.17, 15) is 4.79 Å². The van der Waals surface area contributed by atoms with Crippen LogP contribution in [0.3, 0.4) is 0 Å². The van der Waals surface area contributed by atoms with Crippen molar-refractivity contribution < 1.29 is 4.52 Å². The van der Waals surface area contributed by atoms with Gasteiger partial charge in [-0.3, -0.25) is 4.99 Å². The van der Waals surface area contributed by atoms with Gasteiger partial charge in [0, 0.05) is 11.4 Å². The van der Waals surface area contributed by atoms with E-state index >= 15 is 0 Å². The molecule has 1 aliphatic heterocycles. The summed E-state index contributed by atoms with van der Waals surface area (Å²) in [6.45, 7) is 0. The Hall–Kier alpha value is -2.07. The van der Waals surface area contributed by atoms with Gasteiger partial charge in [0.2, 0.25) is 0 Å². The van der Waals surface area contributed by atoms with Gasteiger partial charge in [0.25, 0.3) is 0 Å². The van der Waals surface area contributed by atoms with Crippen molar-refractivity contribution in [1.82, 2.24) is 5.16 Å². The van der Waals surface area contributed by atoms with Crippen LogP contribution in [0.25, 0.3) is 12.2 Å². The average Bonchev–Trinajstić information content (AvgIpc) is 2.98. The number of nitrogens with zero attached hydrogens (tertiary/aromatic N) is 1. The van der Waals surface area contributed by atoms with Gasteiger partial charge >= 0.3 is 5.63 Å². The zero-order chi connectivity index (χ0) is 12.5. The Bertz CT molecular complexity index is 799. The molecule has 0 spiro atoms. The summed E-state index contributed by atoms with van der Waals surface area (Å²) in [6, 6.07) is 5.75. The van der Waals surface area contributed by atoms with Gasteiger partial charge in [-0.05, 0) is 23.4 Å². The van der Waals surface area contributed by atoms with Crippen molar-refractivity contribution in [3.8, 4) is 0 Å². The van der Waals surface area contributed by atoms with Crippen molar-refractivity contribution in [2.24, 2.45) is 4.99 Å². The molecule has 2 aromatic rings. The van der Waals surface area contributed by atoms with Gasteiger partial charge in [-0.25, -0.2) is 9.95 Å². The summed E-state index contributed by atoms with van der Waals surface area (Å²) in [7, 11) is 0. The number of halogens is 1. The lowest BCUT2D eigenvalue weighted by molar-refractivity contribution is 0.386. The number of fused-ring (bicyclic) bond motifs is 1. The zero-order valence-corrected chi connectivity index (χ0v) is 10.1. The predicted octanol–water partition coefficient (Wildman–Crippen LogP) is 1.03. The third kappa shape index (κ3) is 1.71. The maximum absolute atomic E-state index is 11.6. The van der Waals surface area contributed by atoms with Crippen LogP contribution in [0.2, 0.25) is 0 Å². The maximum atomic E-state index is 11.6. The molecule has 0 unspecified atom stereocenters. The van der Waals surface area contributed by atoms with Crippen molar-refractivity contribution >= 4 is 35.7 Å². The summed E-state index contributed by atoms with van der Waals surface area (Å²) < 4.78 is 4.74. The highest BCUT2D eigenvalue weighted by molar-refractivity contribution is 6.17. The van der Waals surface area contributed by atoms with E-state index in [1.807, 2.05) is 24.3 Å². The molecule has 4 nitrogen and oxygen atoms in total. The van der Waals surface area contributed by atoms with Crippen molar-refractivity contribution in [2.45, 2.75) is 5.88 Å². The third-order valence-corrected chi connectivity index (χ3v) is 3.08. The van der Waals surface area contributed by atoms with Gasteiger partial charge in [-0.15, -0.1) is 11.6 Å². The minimum Gasteiger partial charge on any atom is -0.338 e. The molecule has 1 N–H and O–H groups in total. The molecule has 0 amide bonds. The fourth-order valence-corrected chi connectivity index (χ4v) is 2.12. The summed E-state index contributed by atoms with van der Waals surface area (Å²) >= 11 is 5.75. The number of alkyl halides is 1. The number of aromatic amines is 1. The van der Waals surface area contributed by atoms with Crippen LogP contribution in [-0.2, 0) is 5.88 Å². The molecule has 0 aliphatic carbocycles. The number of nitrogens with one attached hydrogen (secondary N) is 1. The first kappa shape index (κ1) is 11.0. The quantitative estimate of drug-likeness (QED) is 0.820. The van der Waals surface area contributed by atoms with E-state index in [-0.39, 0.29) is 5.88 Å². The normalized spacial score (nSPS) is 13.7. The first-order chi connectivity index (χ1) is 8.79. The molecule has 0 saturated carbocycles. The Balaban J connectivity index is 2.28. The molecule has 1 aromatic carbocycles. The Morgan fingerprint density at radius 2 is 2.33 bits per heavy atom. The molecule has 5 heteroatoms. The van der Waals surface area contributed by atoms with Crippen molar-refractivity contribution in [3.05, 3.63) is 50.3 Å². The van der Waals surface area contributed by atoms with Gasteiger partial charge in [-0.1, -0.05) is 12.1 Å². The van der Waals surface area contributed by atoms with Gasteiger partial charge in [-0.2, -0.15) is 0 Å². The molecule has 0 fully saturated rings. The Labute approximate surface area is 107 Å². The Morgan fingerprint density at radius 1 is 1.44 bits per heavy atom. The number of aromatic nitrogens is 1. The number of rotatable bonds is 2. The first-order valence-electron chi connectivity index (χ1n) is 5.41. The van der Waals surface area contributed by atoms with Crippen LogP contribution in [0, 0.1) is 0 Å². The van der Waals surface area contributed by atoms with Crippen LogP contribution >= 0.6 is 11.6 Å². The van der Waals surface area contributed by atoms with Crippen LogP contribution < -0.4 is 16.1 Å². The second kappa shape index (κ2) is 4.31. The molecule has 1 aromatic heterocycles. The Kier molecular flexibility index (Phi) is 2.64. The molecule has 3 rings (SSSR count). The minimum absolute atomic E-state index is 0.201. The van der Waals surface area contributed by atoms with E-state index in [4.69, 9.17) is 16.1 Å². The second-order valence-electron chi connectivity index (χ2n) is 3.89. The fraction of sp³-hybridized carbons (Fsp3) is 0.0769. The van der Waals surface area contributed by atoms with Crippen LogP contribution in [0.15, 0.2) is 32.5 Å². The largest absolute Gasteiger partial charge is 0.364 e. The van der Waals surface area contributed by atoms with Crippen molar-refractivity contribution in [1.29, 1.82) is 0 Å². The van der Waals surface area contributed by atoms with Gasteiger partial charge in [0.15, 0.2) is 0 Å². The first-order valence-corrected chi connectivity index (χ1v) is 5.94. The van der Waals surface area contributed by atoms with Crippen molar-refractivity contribution in [2.75, 3.05) is 0 Å². The molecule has 1 aliphatic rings. The zero-order valence-electron chi connectivity index (χ0n) is 9.31. The van der Waals surface area contributed by atoms with Crippen molar-refractivity contribution in [3.63, 3.8) is 0 Å². The molecular formula is C13H9ClN2O2. The lowest BCUT2D eigenvalue weighted by Gasteiger charge is -1.93. The molecular weight excluding hydrogens is 252 g/mol. The molecule has 0 bridgehead atoms. The average molecular weight is 261 g/mol. The van der Waals surface area contributed by atoms with E-state index < -0.39 is 5.63 Å². The molecule has 0 saturated heterocycles. The fourth-order valence-electron chi connectivity index (χ4n) is 1.92. The molecule has 0 atom stereocenters. The van der Waals surface area contributed by atoms with E-state index in [0.29, 0.717) is 11.3 Å². The predicted molar refractivity (Wildman–Crippen MR) is 70.8 cm³/mol. The topological polar surface area (TPSA) is 58.4 Å². The monoisotopic (exact) mass is 260 g/mol.